The largest absolute Gasteiger partial charge is 0.497 e. The number of pyridine rings is 2. The number of aromatic nitrogens is 2. The molecule has 0 unspecified atom stereocenters. The molecule has 2 N–H and O–H groups in total. The maximum Gasteiger partial charge on any atom is 0.303 e. The Morgan fingerprint density at radius 2 is 2.06 bits per heavy atom. The summed E-state index contributed by atoms with van der Waals surface area (Å²) < 4.78 is 5.35. The monoisotopic (exact) mass is 529 g/mol. The molecule has 0 bridgehead atoms. The number of thioether (sulfide) groups is 1. The van der Waals surface area contributed by atoms with Crippen molar-refractivity contribution in [3.8, 4) is 5.75 Å². The molecule has 1 fully saturated rings. The molecule has 1 aliphatic rings. The first-order valence-electron chi connectivity index (χ1n) is 12.2. The van der Waals surface area contributed by atoms with Gasteiger partial charge >= 0.3 is 5.97 Å². The van der Waals surface area contributed by atoms with E-state index in [-0.39, 0.29) is 11.8 Å². The van der Waals surface area contributed by atoms with Crippen LogP contribution in [0.2, 0.25) is 5.02 Å². The van der Waals surface area contributed by atoms with Gasteiger partial charge in [-0.3, -0.25) is 9.78 Å². The van der Waals surface area contributed by atoms with Gasteiger partial charge in [0.05, 0.1) is 35.2 Å². The SMILES string of the molecule is COc1ccc2ncc(Cl)c([C@@H](O)CCC3(CC(=O)O)CCN(CCSc4ccccn4)CC3)c2c1. The number of aliphatic hydroxyl groups excluding tert-OH is 1. The molecule has 4 rings (SSSR count). The minimum absolute atomic E-state index is 0.106. The zero-order valence-electron chi connectivity index (χ0n) is 20.4. The molecular formula is C27H32ClN3O4S. The molecule has 1 atom stereocenters. The van der Waals surface area contributed by atoms with E-state index in [0.29, 0.717) is 29.2 Å². The number of halogens is 1. The molecule has 0 radical (unpaired) electrons. The van der Waals surface area contributed by atoms with Crippen LogP contribution in [-0.2, 0) is 4.79 Å². The molecule has 3 heterocycles. The van der Waals surface area contributed by atoms with E-state index < -0.39 is 12.1 Å². The number of carboxylic acid groups (broad SMARTS) is 1. The molecule has 7 nitrogen and oxygen atoms in total. The number of piperidine rings is 1. The van der Waals surface area contributed by atoms with Crippen molar-refractivity contribution >= 4 is 40.2 Å². The van der Waals surface area contributed by atoms with E-state index in [9.17, 15) is 15.0 Å². The van der Waals surface area contributed by atoms with E-state index in [2.05, 4.69) is 14.9 Å². The number of carbonyl (C=O) groups is 1. The van der Waals surface area contributed by atoms with Crippen LogP contribution in [0.25, 0.3) is 10.9 Å². The van der Waals surface area contributed by atoms with Gasteiger partial charge in [-0.1, -0.05) is 17.7 Å². The van der Waals surface area contributed by atoms with Crippen LogP contribution in [0, 0.1) is 5.41 Å². The van der Waals surface area contributed by atoms with Crippen molar-refractivity contribution in [1.29, 1.82) is 0 Å². The predicted molar refractivity (Wildman–Crippen MR) is 143 cm³/mol. The molecule has 0 saturated carbocycles. The highest BCUT2D eigenvalue weighted by Crippen LogP contribution is 2.43. The second kappa shape index (κ2) is 12.2. The number of benzene rings is 1. The average Bonchev–Trinajstić information content (AvgIpc) is 2.88. The summed E-state index contributed by atoms with van der Waals surface area (Å²) in [6.45, 7) is 2.64. The zero-order chi connectivity index (χ0) is 25.5. The second-order valence-electron chi connectivity index (χ2n) is 9.39. The van der Waals surface area contributed by atoms with Gasteiger partial charge in [-0.2, -0.15) is 0 Å². The number of aliphatic carboxylic acids is 1. The van der Waals surface area contributed by atoms with E-state index in [4.69, 9.17) is 16.3 Å². The number of ether oxygens (including phenoxy) is 1. The molecule has 9 heteroatoms. The number of fused-ring (bicyclic) bond motifs is 1. The number of hydrogen-bond acceptors (Lipinski definition) is 7. The zero-order valence-corrected chi connectivity index (χ0v) is 22.0. The van der Waals surface area contributed by atoms with Gasteiger partial charge in [0.1, 0.15) is 5.75 Å². The lowest BCUT2D eigenvalue weighted by atomic mass is 9.71. The second-order valence-corrected chi connectivity index (χ2v) is 10.9. The fraction of sp³-hybridized carbons (Fsp3) is 0.444. The van der Waals surface area contributed by atoms with Gasteiger partial charge < -0.3 is 19.8 Å². The Balaban J connectivity index is 1.39. The Morgan fingerprint density at radius 1 is 1.25 bits per heavy atom. The molecule has 1 aliphatic heterocycles. The van der Waals surface area contributed by atoms with Gasteiger partial charge in [-0.25, -0.2) is 4.98 Å². The summed E-state index contributed by atoms with van der Waals surface area (Å²) in [6.07, 6.45) is 5.26. The number of rotatable bonds is 11. The number of likely N-dealkylation sites (tertiary alicyclic amines) is 1. The molecule has 1 saturated heterocycles. The summed E-state index contributed by atoms with van der Waals surface area (Å²) in [5.41, 5.74) is 1.01. The first-order valence-corrected chi connectivity index (χ1v) is 13.5. The van der Waals surface area contributed by atoms with Crippen molar-refractivity contribution in [3.05, 3.63) is 59.4 Å². The normalized spacial score (nSPS) is 16.6. The number of carboxylic acids is 1. The lowest BCUT2D eigenvalue weighted by molar-refractivity contribution is -0.141. The average molecular weight is 530 g/mol. The molecule has 3 aromatic rings. The molecular weight excluding hydrogens is 498 g/mol. The van der Waals surface area contributed by atoms with Crippen molar-refractivity contribution < 1.29 is 19.7 Å². The Bertz CT molecular complexity index is 1170. The van der Waals surface area contributed by atoms with Gasteiger partial charge in [-0.05, 0) is 74.5 Å². The Morgan fingerprint density at radius 3 is 2.75 bits per heavy atom. The molecule has 1 aromatic carbocycles. The summed E-state index contributed by atoms with van der Waals surface area (Å²) in [5.74, 6) is 0.815. The maximum atomic E-state index is 11.8. The standard InChI is InChI=1S/C27H32ClN3O4S/c1-35-19-5-6-22-20(16-19)26(21(28)18-30-22)23(32)7-8-27(17-25(33)34)9-12-31(13-10-27)14-15-36-24-4-2-3-11-29-24/h2-6,11,16,18,23,32H,7-10,12-15,17H2,1H3,(H,33,34)/t23-/m0/s1. The quantitative estimate of drug-likeness (QED) is 0.316. The summed E-state index contributed by atoms with van der Waals surface area (Å²) in [4.78, 5) is 22.9. The molecule has 0 spiro atoms. The highest BCUT2D eigenvalue weighted by Gasteiger charge is 2.37. The van der Waals surface area contributed by atoms with Gasteiger partial charge in [-0.15, -0.1) is 11.8 Å². The van der Waals surface area contributed by atoms with Crippen LogP contribution < -0.4 is 4.74 Å². The van der Waals surface area contributed by atoms with E-state index in [0.717, 1.165) is 54.2 Å². The van der Waals surface area contributed by atoms with Gasteiger partial charge in [0.15, 0.2) is 0 Å². The van der Waals surface area contributed by atoms with Crippen LogP contribution in [0.5, 0.6) is 5.75 Å². The number of hydrogen-bond donors (Lipinski definition) is 2. The van der Waals surface area contributed by atoms with E-state index in [1.54, 1.807) is 31.3 Å². The van der Waals surface area contributed by atoms with Crippen LogP contribution in [0.1, 0.15) is 43.8 Å². The van der Waals surface area contributed by atoms with Crippen molar-refractivity contribution in [2.45, 2.75) is 43.2 Å². The molecule has 0 aliphatic carbocycles. The van der Waals surface area contributed by atoms with Gasteiger partial charge in [0.2, 0.25) is 0 Å². The minimum atomic E-state index is -0.825. The van der Waals surface area contributed by atoms with E-state index in [1.807, 2.05) is 36.4 Å². The molecule has 2 aromatic heterocycles. The molecule has 36 heavy (non-hydrogen) atoms. The minimum Gasteiger partial charge on any atom is -0.497 e. The highest BCUT2D eigenvalue weighted by atomic mass is 35.5. The number of methoxy groups -OCH3 is 1. The van der Waals surface area contributed by atoms with Crippen molar-refractivity contribution in [2.75, 3.05) is 32.5 Å². The van der Waals surface area contributed by atoms with Crippen LogP contribution >= 0.6 is 23.4 Å². The number of aliphatic hydroxyl groups is 1. The van der Waals surface area contributed by atoms with Crippen molar-refractivity contribution in [2.24, 2.45) is 5.41 Å². The third-order valence-corrected chi connectivity index (χ3v) is 8.31. The third kappa shape index (κ3) is 6.68. The highest BCUT2D eigenvalue weighted by molar-refractivity contribution is 7.99. The lowest BCUT2D eigenvalue weighted by Crippen LogP contribution is -2.42. The van der Waals surface area contributed by atoms with Crippen LogP contribution in [-0.4, -0.2) is 63.5 Å². The fourth-order valence-electron chi connectivity index (χ4n) is 5.02. The number of nitrogens with zero attached hydrogens (tertiary/aromatic N) is 3. The van der Waals surface area contributed by atoms with Crippen LogP contribution in [0.3, 0.4) is 0 Å². The Labute approximate surface area is 220 Å². The Kier molecular flexibility index (Phi) is 9.06. The van der Waals surface area contributed by atoms with Crippen LogP contribution in [0.15, 0.2) is 53.8 Å². The fourth-order valence-corrected chi connectivity index (χ4v) is 6.16. The van der Waals surface area contributed by atoms with Gasteiger partial charge in [0, 0.05) is 35.6 Å². The smallest absolute Gasteiger partial charge is 0.303 e. The summed E-state index contributed by atoms with van der Waals surface area (Å²) in [6, 6.07) is 11.4. The topological polar surface area (TPSA) is 95.8 Å². The van der Waals surface area contributed by atoms with Crippen molar-refractivity contribution in [1.82, 2.24) is 14.9 Å². The van der Waals surface area contributed by atoms with Crippen molar-refractivity contribution in [3.63, 3.8) is 0 Å². The predicted octanol–water partition coefficient (Wildman–Crippen LogP) is 5.45. The maximum absolute atomic E-state index is 11.8. The Hall–Kier alpha value is -2.39. The third-order valence-electron chi connectivity index (χ3n) is 7.09. The van der Waals surface area contributed by atoms with Gasteiger partial charge in [0.25, 0.3) is 0 Å². The summed E-state index contributed by atoms with van der Waals surface area (Å²) in [5, 5.41) is 23.0. The van der Waals surface area contributed by atoms with E-state index in [1.165, 1.54) is 0 Å². The summed E-state index contributed by atoms with van der Waals surface area (Å²) >= 11 is 8.21. The van der Waals surface area contributed by atoms with E-state index >= 15 is 0 Å². The lowest BCUT2D eigenvalue weighted by Gasteiger charge is -2.41. The first kappa shape index (κ1) is 26.7. The summed E-state index contributed by atoms with van der Waals surface area (Å²) in [7, 11) is 1.59. The van der Waals surface area contributed by atoms with Crippen LogP contribution in [0.4, 0.5) is 0 Å². The molecule has 192 valence electrons. The molecule has 0 amide bonds. The first-order chi connectivity index (χ1) is 17.4.